The number of nitrogens with two attached hydrogens (primary N) is 1. The molecule has 1 aromatic carbocycles. The van der Waals surface area contributed by atoms with Crippen molar-refractivity contribution in [3.63, 3.8) is 0 Å². The van der Waals surface area contributed by atoms with Crippen molar-refractivity contribution in [1.29, 1.82) is 0 Å². The Balaban J connectivity index is 1.88. The van der Waals surface area contributed by atoms with Crippen LogP contribution in [0.1, 0.15) is 24.0 Å². The molecule has 18 heavy (non-hydrogen) atoms. The lowest BCUT2D eigenvalue weighted by molar-refractivity contribution is 0.912. The number of anilines is 1. The van der Waals surface area contributed by atoms with Gasteiger partial charge in [-0.2, -0.15) is 11.8 Å². The van der Waals surface area contributed by atoms with Crippen LogP contribution in [-0.2, 0) is 12.8 Å². The standard InChI is InChI=1S/C14H21N3S/c1-18-9-3-8-16-14(15)17-13-7-6-11-4-2-5-12(11)10-13/h6-7,10H,2-5,8-9H2,1H3,(H3,15,16,17). The summed E-state index contributed by atoms with van der Waals surface area (Å²) in [5, 5.41) is 3.17. The highest BCUT2D eigenvalue weighted by Gasteiger charge is 2.10. The Hall–Kier alpha value is -1.16. The number of hydrogen-bond donors (Lipinski definition) is 2. The van der Waals surface area contributed by atoms with Gasteiger partial charge in [0.1, 0.15) is 0 Å². The molecule has 0 atom stereocenters. The third-order valence-corrected chi connectivity index (χ3v) is 3.86. The minimum Gasteiger partial charge on any atom is -0.370 e. The van der Waals surface area contributed by atoms with Crippen molar-refractivity contribution in [1.82, 2.24) is 0 Å². The summed E-state index contributed by atoms with van der Waals surface area (Å²) in [6.07, 6.45) is 6.87. The first-order chi connectivity index (χ1) is 8.79. The Labute approximate surface area is 113 Å². The highest BCUT2D eigenvalue weighted by atomic mass is 32.2. The van der Waals surface area contributed by atoms with Crippen molar-refractivity contribution in [2.45, 2.75) is 25.7 Å². The van der Waals surface area contributed by atoms with Crippen LogP contribution in [0.2, 0.25) is 0 Å². The molecule has 2 rings (SSSR count). The van der Waals surface area contributed by atoms with E-state index >= 15 is 0 Å². The Morgan fingerprint density at radius 2 is 2.22 bits per heavy atom. The molecule has 1 aliphatic rings. The third-order valence-electron chi connectivity index (χ3n) is 3.16. The number of aryl methyl sites for hydroxylation is 2. The maximum absolute atomic E-state index is 5.87. The van der Waals surface area contributed by atoms with Crippen LogP contribution < -0.4 is 11.1 Å². The molecule has 1 aliphatic carbocycles. The molecule has 3 N–H and O–H groups in total. The first kappa shape index (κ1) is 13.3. The van der Waals surface area contributed by atoms with Crippen LogP contribution in [0.3, 0.4) is 0 Å². The number of benzene rings is 1. The Kier molecular flexibility index (Phi) is 4.93. The van der Waals surface area contributed by atoms with Gasteiger partial charge in [0.05, 0.1) is 0 Å². The lowest BCUT2D eigenvalue weighted by atomic mass is 10.1. The van der Waals surface area contributed by atoms with Crippen LogP contribution in [0, 0.1) is 0 Å². The number of hydrogen-bond acceptors (Lipinski definition) is 2. The molecule has 3 nitrogen and oxygen atoms in total. The van der Waals surface area contributed by atoms with Gasteiger partial charge in [0.2, 0.25) is 0 Å². The lowest BCUT2D eigenvalue weighted by Gasteiger charge is -2.07. The summed E-state index contributed by atoms with van der Waals surface area (Å²) in [5.74, 6) is 1.66. The zero-order valence-corrected chi connectivity index (χ0v) is 11.7. The molecule has 0 aromatic heterocycles. The second kappa shape index (κ2) is 6.69. The van der Waals surface area contributed by atoms with Gasteiger partial charge in [-0.15, -0.1) is 0 Å². The summed E-state index contributed by atoms with van der Waals surface area (Å²) in [5.41, 5.74) is 9.86. The summed E-state index contributed by atoms with van der Waals surface area (Å²) in [7, 11) is 0. The van der Waals surface area contributed by atoms with E-state index in [-0.39, 0.29) is 0 Å². The molecule has 0 unspecified atom stereocenters. The van der Waals surface area contributed by atoms with Crippen molar-refractivity contribution < 1.29 is 0 Å². The van der Waals surface area contributed by atoms with E-state index in [9.17, 15) is 0 Å². The summed E-state index contributed by atoms with van der Waals surface area (Å²) >= 11 is 1.84. The number of fused-ring (bicyclic) bond motifs is 1. The normalized spacial score (nSPS) is 14.6. The van der Waals surface area contributed by atoms with Gasteiger partial charge in [0.25, 0.3) is 0 Å². The van der Waals surface area contributed by atoms with Crippen molar-refractivity contribution in [2.75, 3.05) is 23.9 Å². The van der Waals surface area contributed by atoms with Crippen LogP contribution in [0.15, 0.2) is 23.2 Å². The zero-order valence-electron chi connectivity index (χ0n) is 10.9. The molecule has 0 heterocycles. The molecule has 0 saturated heterocycles. The molecule has 0 fully saturated rings. The fourth-order valence-corrected chi connectivity index (χ4v) is 2.66. The third kappa shape index (κ3) is 3.67. The Morgan fingerprint density at radius 1 is 1.39 bits per heavy atom. The van der Waals surface area contributed by atoms with Gasteiger partial charge in [0, 0.05) is 12.2 Å². The minimum absolute atomic E-state index is 0.522. The molecule has 1 aromatic rings. The van der Waals surface area contributed by atoms with E-state index in [2.05, 4.69) is 34.8 Å². The number of rotatable bonds is 5. The van der Waals surface area contributed by atoms with E-state index in [1.54, 1.807) is 0 Å². The predicted molar refractivity (Wildman–Crippen MR) is 81.6 cm³/mol. The molecule has 0 saturated carbocycles. The molecule has 98 valence electrons. The lowest BCUT2D eigenvalue weighted by Crippen LogP contribution is -2.23. The van der Waals surface area contributed by atoms with Crippen molar-refractivity contribution >= 4 is 23.4 Å². The van der Waals surface area contributed by atoms with Crippen LogP contribution in [-0.4, -0.2) is 24.5 Å². The number of nitrogens with zero attached hydrogens (tertiary/aromatic N) is 1. The van der Waals surface area contributed by atoms with Crippen LogP contribution >= 0.6 is 11.8 Å². The zero-order chi connectivity index (χ0) is 12.8. The Morgan fingerprint density at radius 3 is 3.06 bits per heavy atom. The van der Waals surface area contributed by atoms with Crippen LogP contribution in [0.5, 0.6) is 0 Å². The molecule has 0 radical (unpaired) electrons. The summed E-state index contributed by atoms with van der Waals surface area (Å²) in [6.45, 7) is 0.796. The number of guanidine groups is 1. The summed E-state index contributed by atoms with van der Waals surface area (Å²) < 4.78 is 0. The second-order valence-electron chi connectivity index (χ2n) is 4.58. The van der Waals surface area contributed by atoms with E-state index < -0.39 is 0 Å². The van der Waals surface area contributed by atoms with E-state index in [0.717, 1.165) is 24.4 Å². The van der Waals surface area contributed by atoms with E-state index in [1.165, 1.54) is 30.4 Å². The van der Waals surface area contributed by atoms with E-state index in [4.69, 9.17) is 5.73 Å². The second-order valence-corrected chi connectivity index (χ2v) is 5.56. The molecular weight excluding hydrogens is 242 g/mol. The average Bonchev–Trinajstić information content (AvgIpc) is 2.82. The van der Waals surface area contributed by atoms with Gasteiger partial charge in [-0.05, 0) is 61.0 Å². The van der Waals surface area contributed by atoms with Gasteiger partial charge in [0.15, 0.2) is 5.96 Å². The monoisotopic (exact) mass is 263 g/mol. The van der Waals surface area contributed by atoms with Gasteiger partial charge in [-0.3, -0.25) is 4.99 Å². The summed E-state index contributed by atoms with van der Waals surface area (Å²) in [6, 6.07) is 6.49. The molecular formula is C14H21N3S. The quantitative estimate of drug-likeness (QED) is 0.488. The van der Waals surface area contributed by atoms with Crippen molar-refractivity contribution in [3.8, 4) is 0 Å². The SMILES string of the molecule is CSCCCN=C(N)Nc1ccc2c(c1)CCC2. The topological polar surface area (TPSA) is 50.4 Å². The van der Waals surface area contributed by atoms with Crippen molar-refractivity contribution in [3.05, 3.63) is 29.3 Å². The molecule has 0 bridgehead atoms. The fourth-order valence-electron chi connectivity index (χ4n) is 2.25. The van der Waals surface area contributed by atoms with Crippen LogP contribution in [0.4, 0.5) is 5.69 Å². The number of thioether (sulfide) groups is 1. The fraction of sp³-hybridized carbons (Fsp3) is 0.500. The highest BCUT2D eigenvalue weighted by molar-refractivity contribution is 7.98. The molecule has 0 spiro atoms. The number of nitrogens with one attached hydrogen (secondary N) is 1. The highest BCUT2D eigenvalue weighted by Crippen LogP contribution is 2.24. The maximum atomic E-state index is 5.87. The van der Waals surface area contributed by atoms with Crippen LogP contribution in [0.25, 0.3) is 0 Å². The van der Waals surface area contributed by atoms with Gasteiger partial charge >= 0.3 is 0 Å². The molecule has 0 aliphatic heterocycles. The van der Waals surface area contributed by atoms with E-state index in [0.29, 0.717) is 5.96 Å². The first-order valence-electron chi connectivity index (χ1n) is 6.47. The Bertz CT molecular complexity index is 429. The predicted octanol–water partition coefficient (Wildman–Crippen LogP) is 2.66. The molecule has 0 amide bonds. The number of aliphatic imine (C=N–C) groups is 1. The first-order valence-corrected chi connectivity index (χ1v) is 7.86. The van der Waals surface area contributed by atoms with Gasteiger partial charge in [-0.1, -0.05) is 6.07 Å². The van der Waals surface area contributed by atoms with E-state index in [1.807, 2.05) is 11.8 Å². The minimum atomic E-state index is 0.522. The van der Waals surface area contributed by atoms with Gasteiger partial charge in [-0.25, -0.2) is 0 Å². The largest absolute Gasteiger partial charge is 0.370 e. The summed E-state index contributed by atoms with van der Waals surface area (Å²) in [4.78, 5) is 4.32. The van der Waals surface area contributed by atoms with Gasteiger partial charge < -0.3 is 11.1 Å². The average molecular weight is 263 g/mol. The maximum Gasteiger partial charge on any atom is 0.193 e. The molecule has 4 heteroatoms. The smallest absolute Gasteiger partial charge is 0.193 e. The van der Waals surface area contributed by atoms with Crippen molar-refractivity contribution in [2.24, 2.45) is 10.7 Å².